The molecule has 6 rings (SSSR count). The van der Waals surface area contributed by atoms with E-state index in [2.05, 4.69) is 42.3 Å². The van der Waals surface area contributed by atoms with E-state index in [-0.39, 0.29) is 12.2 Å². The number of hydrogen-bond donors (Lipinski definition) is 1. The summed E-state index contributed by atoms with van der Waals surface area (Å²) in [5.41, 5.74) is 2.79. The minimum absolute atomic E-state index is 0.0975. The maximum absolute atomic E-state index is 6.53. The van der Waals surface area contributed by atoms with E-state index in [4.69, 9.17) is 18.9 Å². The number of rotatable bonds is 7. The summed E-state index contributed by atoms with van der Waals surface area (Å²) < 4.78 is 23.3. The van der Waals surface area contributed by atoms with Gasteiger partial charge in [0.1, 0.15) is 17.4 Å². The molecule has 4 heterocycles. The van der Waals surface area contributed by atoms with Crippen molar-refractivity contribution in [3.8, 4) is 11.5 Å². The summed E-state index contributed by atoms with van der Waals surface area (Å²) in [4.78, 5) is 20.3. The Kier molecular flexibility index (Phi) is 6.95. The van der Waals surface area contributed by atoms with E-state index in [1.807, 2.05) is 0 Å². The van der Waals surface area contributed by atoms with Gasteiger partial charge in [-0.05, 0) is 31.7 Å². The zero-order valence-electron chi connectivity index (χ0n) is 20.3. The van der Waals surface area contributed by atoms with Crippen LogP contribution in [-0.2, 0) is 9.47 Å². The summed E-state index contributed by atoms with van der Waals surface area (Å²) in [6.45, 7) is 4.59. The Bertz CT molecular complexity index is 1140. The van der Waals surface area contributed by atoms with Crippen molar-refractivity contribution in [1.82, 2.24) is 19.9 Å². The summed E-state index contributed by atoms with van der Waals surface area (Å²) >= 11 is 0. The molecule has 2 aromatic heterocycles. The van der Waals surface area contributed by atoms with Crippen LogP contribution in [0.1, 0.15) is 32.1 Å². The van der Waals surface area contributed by atoms with Gasteiger partial charge in [0.2, 0.25) is 5.95 Å². The fourth-order valence-electron chi connectivity index (χ4n) is 5.06. The Morgan fingerprint density at radius 3 is 2.39 bits per heavy atom. The average Bonchev–Trinajstić information content (AvgIpc) is 3.44. The highest BCUT2D eigenvalue weighted by molar-refractivity contribution is 5.85. The normalized spacial score (nSPS) is 24.6. The third kappa shape index (κ3) is 5.44. The molecule has 0 bridgehead atoms. The van der Waals surface area contributed by atoms with Crippen molar-refractivity contribution in [3.63, 3.8) is 0 Å². The van der Waals surface area contributed by atoms with Crippen LogP contribution in [0.15, 0.2) is 36.9 Å². The van der Waals surface area contributed by atoms with Gasteiger partial charge in [-0.2, -0.15) is 0 Å². The Balaban J connectivity index is 1.06. The number of benzene rings is 1. The molecule has 190 valence electrons. The highest BCUT2D eigenvalue weighted by Crippen LogP contribution is 2.33. The molecular formula is C26H32N6O4. The van der Waals surface area contributed by atoms with Gasteiger partial charge in [0.25, 0.3) is 0 Å². The van der Waals surface area contributed by atoms with Gasteiger partial charge >= 0.3 is 0 Å². The molecule has 1 aromatic carbocycles. The van der Waals surface area contributed by atoms with Crippen molar-refractivity contribution < 1.29 is 18.9 Å². The molecule has 0 amide bonds. The maximum atomic E-state index is 6.53. The fraction of sp³-hybridized carbons (Fsp3) is 0.538. The summed E-state index contributed by atoms with van der Waals surface area (Å²) in [7, 11) is 0. The second-order valence-corrected chi connectivity index (χ2v) is 9.55. The van der Waals surface area contributed by atoms with Crippen molar-refractivity contribution in [2.45, 2.75) is 50.4 Å². The number of anilines is 2. The van der Waals surface area contributed by atoms with Gasteiger partial charge in [-0.15, -0.1) is 0 Å². The predicted octanol–water partition coefficient (Wildman–Crippen LogP) is 3.23. The Morgan fingerprint density at radius 2 is 1.61 bits per heavy atom. The van der Waals surface area contributed by atoms with Crippen molar-refractivity contribution in [3.05, 3.63) is 36.9 Å². The molecule has 2 aliphatic heterocycles. The van der Waals surface area contributed by atoms with Crippen LogP contribution in [-0.4, -0.2) is 77.7 Å². The Morgan fingerprint density at radius 1 is 0.806 bits per heavy atom. The molecule has 1 saturated carbocycles. The zero-order chi connectivity index (χ0) is 24.2. The molecule has 10 heteroatoms. The van der Waals surface area contributed by atoms with E-state index < -0.39 is 0 Å². The first-order valence-electron chi connectivity index (χ1n) is 12.9. The lowest BCUT2D eigenvalue weighted by atomic mass is 9.93. The first-order valence-corrected chi connectivity index (χ1v) is 12.9. The summed E-state index contributed by atoms with van der Waals surface area (Å²) in [5, 5.41) is 3.47. The smallest absolute Gasteiger partial charge is 0.223 e. The molecule has 1 atom stereocenters. The number of nitrogens with zero attached hydrogens (tertiary/aromatic N) is 5. The van der Waals surface area contributed by atoms with E-state index in [1.54, 1.807) is 24.8 Å². The number of nitrogens with one attached hydrogen (secondary N) is 1. The Labute approximate surface area is 210 Å². The lowest BCUT2D eigenvalue weighted by Gasteiger charge is -2.31. The van der Waals surface area contributed by atoms with Crippen LogP contribution < -0.4 is 19.7 Å². The van der Waals surface area contributed by atoms with E-state index >= 15 is 0 Å². The SMILES string of the molecule is c1cnc2c(OC3CCC(Nc4ncc(OC5CCOC5)cn4)CC3)cc(N3CCOCC3)cc2n1. The van der Waals surface area contributed by atoms with Crippen LogP contribution in [0.2, 0.25) is 0 Å². The first kappa shape index (κ1) is 23.2. The number of morpholine rings is 1. The molecule has 1 unspecified atom stereocenters. The minimum atomic E-state index is 0.0975. The van der Waals surface area contributed by atoms with Gasteiger partial charge in [0, 0.05) is 49.7 Å². The Hall–Kier alpha value is -3.24. The average molecular weight is 493 g/mol. The molecule has 3 aromatic rings. The van der Waals surface area contributed by atoms with Crippen molar-refractivity contribution in [1.29, 1.82) is 0 Å². The largest absolute Gasteiger partial charge is 0.488 e. The molecule has 36 heavy (non-hydrogen) atoms. The number of hydrogen-bond acceptors (Lipinski definition) is 10. The molecule has 2 saturated heterocycles. The third-order valence-corrected chi connectivity index (χ3v) is 7.02. The van der Waals surface area contributed by atoms with E-state index in [9.17, 15) is 0 Å². The van der Waals surface area contributed by atoms with Crippen LogP contribution >= 0.6 is 0 Å². The summed E-state index contributed by atoms with van der Waals surface area (Å²) in [6, 6.07) is 4.53. The highest BCUT2D eigenvalue weighted by Gasteiger charge is 2.25. The maximum Gasteiger partial charge on any atom is 0.223 e. The summed E-state index contributed by atoms with van der Waals surface area (Å²) in [5.74, 6) is 2.13. The quantitative estimate of drug-likeness (QED) is 0.529. The van der Waals surface area contributed by atoms with Crippen LogP contribution in [0.4, 0.5) is 11.6 Å². The molecule has 3 aliphatic rings. The molecular weight excluding hydrogens is 460 g/mol. The van der Waals surface area contributed by atoms with Gasteiger partial charge < -0.3 is 29.2 Å². The van der Waals surface area contributed by atoms with Crippen molar-refractivity contribution >= 4 is 22.7 Å². The van der Waals surface area contributed by atoms with Crippen LogP contribution in [0.25, 0.3) is 11.0 Å². The van der Waals surface area contributed by atoms with E-state index in [1.165, 1.54) is 0 Å². The van der Waals surface area contributed by atoms with Crippen LogP contribution in [0.5, 0.6) is 11.5 Å². The third-order valence-electron chi connectivity index (χ3n) is 7.02. The number of ether oxygens (including phenoxy) is 4. The molecule has 0 spiro atoms. The number of aromatic nitrogens is 4. The fourth-order valence-corrected chi connectivity index (χ4v) is 5.06. The molecule has 3 fully saturated rings. The lowest BCUT2D eigenvalue weighted by molar-refractivity contribution is 0.122. The second-order valence-electron chi connectivity index (χ2n) is 9.55. The molecule has 1 N–H and O–H groups in total. The monoisotopic (exact) mass is 492 g/mol. The first-order chi connectivity index (χ1) is 17.8. The van der Waals surface area contributed by atoms with Gasteiger partial charge in [-0.1, -0.05) is 0 Å². The molecule has 1 aliphatic carbocycles. The second kappa shape index (κ2) is 10.8. The van der Waals surface area contributed by atoms with Gasteiger partial charge in [-0.3, -0.25) is 4.98 Å². The van der Waals surface area contributed by atoms with Gasteiger partial charge in [-0.25, -0.2) is 15.0 Å². The predicted molar refractivity (Wildman–Crippen MR) is 135 cm³/mol. The standard InChI is InChI=1S/C26H32N6O4/c1-3-20(4-2-18(1)31-26-29-15-22(16-30-26)35-21-5-10-34-17-21)36-24-14-19(32-8-11-33-12-9-32)13-23-25(24)28-7-6-27-23/h6-7,13-16,18,20-21H,1-5,8-12,17H2,(H,29,30,31). The molecule has 0 radical (unpaired) electrons. The zero-order valence-corrected chi connectivity index (χ0v) is 20.3. The highest BCUT2D eigenvalue weighted by atomic mass is 16.5. The van der Waals surface area contributed by atoms with Crippen molar-refractivity contribution in [2.24, 2.45) is 0 Å². The van der Waals surface area contributed by atoms with Crippen LogP contribution in [0, 0.1) is 0 Å². The topological polar surface area (TPSA) is 104 Å². The minimum Gasteiger partial charge on any atom is -0.488 e. The summed E-state index contributed by atoms with van der Waals surface area (Å²) in [6.07, 6.45) is 11.9. The molecule has 10 nitrogen and oxygen atoms in total. The van der Waals surface area contributed by atoms with Gasteiger partial charge in [0.05, 0.1) is 50.4 Å². The van der Waals surface area contributed by atoms with E-state index in [0.717, 1.165) is 87.5 Å². The van der Waals surface area contributed by atoms with Crippen LogP contribution in [0.3, 0.4) is 0 Å². The lowest BCUT2D eigenvalue weighted by Crippen LogP contribution is -2.36. The van der Waals surface area contributed by atoms with E-state index in [0.29, 0.717) is 24.3 Å². The van der Waals surface area contributed by atoms with Crippen molar-refractivity contribution in [2.75, 3.05) is 49.7 Å². The van der Waals surface area contributed by atoms with Gasteiger partial charge in [0.15, 0.2) is 5.75 Å². The number of fused-ring (bicyclic) bond motifs is 1.